The van der Waals surface area contributed by atoms with Gasteiger partial charge in [-0.05, 0) is 29.8 Å². The summed E-state index contributed by atoms with van der Waals surface area (Å²) in [4.78, 5) is 20.0. The number of aromatic amines is 1. The summed E-state index contributed by atoms with van der Waals surface area (Å²) in [6.07, 6.45) is 1.54. The number of thioether (sulfide) groups is 1. The largest absolute Gasteiger partial charge is 0.486 e. The molecule has 1 N–H and O–H groups in total. The topological polar surface area (TPSA) is 82.0 Å². The summed E-state index contributed by atoms with van der Waals surface area (Å²) in [6.45, 7) is 1.09. The van der Waals surface area contributed by atoms with Gasteiger partial charge in [-0.2, -0.15) is 5.10 Å². The molecular formula is C20H15BrN4O3S. The number of ether oxygens (including phenoxy) is 2. The minimum atomic E-state index is -0.207. The maximum Gasteiger partial charge on any atom is 0.262 e. The molecule has 0 saturated heterocycles. The lowest BCUT2D eigenvalue weighted by atomic mass is 10.2. The average Bonchev–Trinajstić information content (AvgIpc) is 3.17. The van der Waals surface area contributed by atoms with Crippen molar-refractivity contribution in [3.05, 3.63) is 69.1 Å². The highest BCUT2D eigenvalue weighted by Crippen LogP contribution is 2.37. The zero-order valence-electron chi connectivity index (χ0n) is 15.1. The molecule has 2 aromatic heterocycles. The number of fused-ring (bicyclic) bond motifs is 2. The van der Waals surface area contributed by atoms with Crippen molar-refractivity contribution in [3.63, 3.8) is 0 Å². The van der Waals surface area contributed by atoms with Gasteiger partial charge < -0.3 is 14.5 Å². The van der Waals surface area contributed by atoms with Gasteiger partial charge in [0.1, 0.15) is 18.6 Å². The van der Waals surface area contributed by atoms with Crippen LogP contribution in [-0.2, 0) is 5.75 Å². The van der Waals surface area contributed by atoms with Crippen LogP contribution < -0.4 is 15.0 Å². The molecule has 3 heterocycles. The first-order chi connectivity index (χ1) is 14.2. The third-order valence-corrected chi connectivity index (χ3v) is 6.15. The Labute approximate surface area is 178 Å². The van der Waals surface area contributed by atoms with Gasteiger partial charge >= 0.3 is 0 Å². The molecule has 0 amide bonds. The summed E-state index contributed by atoms with van der Waals surface area (Å²) in [7, 11) is 0. The molecule has 2 aromatic carbocycles. The number of aromatic nitrogens is 4. The fourth-order valence-corrected chi connectivity index (χ4v) is 4.58. The summed E-state index contributed by atoms with van der Waals surface area (Å²) in [5.74, 6) is 2.07. The maximum absolute atomic E-state index is 12.5. The van der Waals surface area contributed by atoms with E-state index in [9.17, 15) is 4.79 Å². The Kier molecular flexibility index (Phi) is 4.76. The van der Waals surface area contributed by atoms with Crippen LogP contribution in [0.3, 0.4) is 0 Å². The first-order valence-corrected chi connectivity index (χ1v) is 10.7. The predicted molar refractivity (Wildman–Crippen MR) is 114 cm³/mol. The van der Waals surface area contributed by atoms with E-state index in [0.717, 1.165) is 27.2 Å². The van der Waals surface area contributed by atoms with Crippen molar-refractivity contribution < 1.29 is 9.47 Å². The van der Waals surface area contributed by atoms with E-state index in [4.69, 9.17) is 9.47 Å². The monoisotopic (exact) mass is 470 g/mol. The SMILES string of the molecule is O=c1[nH]c(SCc2cc3c(cc2Br)OCCO3)nc2c1cnn2-c1ccccc1. The van der Waals surface area contributed by atoms with E-state index in [1.165, 1.54) is 11.8 Å². The highest BCUT2D eigenvalue weighted by Gasteiger charge is 2.16. The lowest BCUT2D eigenvalue weighted by Gasteiger charge is -2.19. The molecule has 5 rings (SSSR count). The molecule has 0 unspecified atom stereocenters. The number of rotatable bonds is 4. The van der Waals surface area contributed by atoms with Crippen molar-refractivity contribution in [2.75, 3.05) is 13.2 Å². The van der Waals surface area contributed by atoms with Crippen LogP contribution in [0, 0.1) is 0 Å². The third-order valence-electron chi connectivity index (χ3n) is 4.49. The Bertz CT molecular complexity index is 1260. The summed E-state index contributed by atoms with van der Waals surface area (Å²) >= 11 is 5.02. The fraction of sp³-hybridized carbons (Fsp3) is 0.150. The van der Waals surface area contributed by atoms with Gasteiger partial charge in [0, 0.05) is 10.2 Å². The zero-order chi connectivity index (χ0) is 19.8. The van der Waals surface area contributed by atoms with E-state index >= 15 is 0 Å². The summed E-state index contributed by atoms with van der Waals surface area (Å²) in [5, 5.41) is 5.32. The summed E-state index contributed by atoms with van der Waals surface area (Å²) in [5.41, 5.74) is 2.20. The second-order valence-corrected chi connectivity index (χ2v) is 8.19. The highest BCUT2D eigenvalue weighted by atomic mass is 79.9. The van der Waals surface area contributed by atoms with Crippen LogP contribution in [-0.4, -0.2) is 33.0 Å². The van der Waals surface area contributed by atoms with Crippen molar-refractivity contribution in [2.24, 2.45) is 0 Å². The minimum Gasteiger partial charge on any atom is -0.486 e. The Balaban J connectivity index is 1.46. The van der Waals surface area contributed by atoms with E-state index in [1.807, 2.05) is 42.5 Å². The van der Waals surface area contributed by atoms with Gasteiger partial charge in [0.15, 0.2) is 22.3 Å². The van der Waals surface area contributed by atoms with Crippen LogP contribution >= 0.6 is 27.7 Å². The minimum absolute atomic E-state index is 0.207. The number of halogens is 1. The first-order valence-electron chi connectivity index (χ1n) is 8.93. The standard InChI is InChI=1S/C20H15BrN4O3S/c21-15-9-17-16(27-6-7-28-17)8-12(15)11-29-20-23-18-14(19(26)24-20)10-22-25(18)13-4-2-1-3-5-13/h1-5,8-10H,6-7,11H2,(H,23,24,26). The second-order valence-electron chi connectivity index (χ2n) is 6.38. The molecule has 0 aliphatic carbocycles. The van der Waals surface area contributed by atoms with Crippen molar-refractivity contribution >= 4 is 38.7 Å². The predicted octanol–water partition coefficient (Wildman–Crippen LogP) is 3.93. The Morgan fingerprint density at radius 1 is 1.14 bits per heavy atom. The van der Waals surface area contributed by atoms with Crippen LogP contribution in [0.4, 0.5) is 0 Å². The van der Waals surface area contributed by atoms with E-state index in [2.05, 4.69) is 31.0 Å². The van der Waals surface area contributed by atoms with Gasteiger partial charge in [-0.1, -0.05) is 45.9 Å². The average molecular weight is 471 g/mol. The molecule has 9 heteroatoms. The highest BCUT2D eigenvalue weighted by molar-refractivity contribution is 9.10. The van der Waals surface area contributed by atoms with Crippen LogP contribution in [0.5, 0.6) is 11.5 Å². The Hall–Kier alpha value is -2.78. The van der Waals surface area contributed by atoms with Gasteiger partial charge in [0.05, 0.1) is 11.9 Å². The number of nitrogens with one attached hydrogen (secondary N) is 1. The first kappa shape index (κ1) is 18.3. The molecule has 0 fully saturated rings. The molecular weight excluding hydrogens is 456 g/mol. The molecule has 1 aliphatic heterocycles. The van der Waals surface area contributed by atoms with Crippen LogP contribution in [0.25, 0.3) is 16.7 Å². The van der Waals surface area contributed by atoms with Crippen LogP contribution in [0.2, 0.25) is 0 Å². The number of H-pyrrole nitrogens is 1. The molecule has 0 spiro atoms. The molecule has 0 bridgehead atoms. The molecule has 4 aromatic rings. The van der Waals surface area contributed by atoms with E-state index in [0.29, 0.717) is 35.2 Å². The number of hydrogen-bond acceptors (Lipinski definition) is 6. The zero-order valence-corrected chi connectivity index (χ0v) is 17.5. The fourth-order valence-electron chi connectivity index (χ4n) is 3.09. The van der Waals surface area contributed by atoms with Crippen molar-refractivity contribution in [1.82, 2.24) is 19.7 Å². The molecule has 0 radical (unpaired) electrons. The number of nitrogens with zero attached hydrogens (tertiary/aromatic N) is 3. The molecule has 0 saturated carbocycles. The number of hydrogen-bond donors (Lipinski definition) is 1. The van der Waals surface area contributed by atoms with Gasteiger partial charge in [0.2, 0.25) is 0 Å². The second kappa shape index (κ2) is 7.57. The van der Waals surface area contributed by atoms with E-state index in [-0.39, 0.29) is 5.56 Å². The van der Waals surface area contributed by atoms with Crippen LogP contribution in [0.15, 0.2) is 63.1 Å². The molecule has 0 atom stereocenters. The normalized spacial score (nSPS) is 13.0. The van der Waals surface area contributed by atoms with E-state index in [1.54, 1.807) is 10.9 Å². The summed E-state index contributed by atoms with van der Waals surface area (Å²) < 4.78 is 13.9. The smallest absolute Gasteiger partial charge is 0.262 e. The number of para-hydroxylation sites is 1. The maximum atomic E-state index is 12.5. The van der Waals surface area contributed by atoms with E-state index < -0.39 is 0 Å². The van der Waals surface area contributed by atoms with Gasteiger partial charge in [-0.15, -0.1) is 0 Å². The van der Waals surface area contributed by atoms with Gasteiger partial charge in [-0.25, -0.2) is 9.67 Å². The van der Waals surface area contributed by atoms with Crippen molar-refractivity contribution in [1.29, 1.82) is 0 Å². The third kappa shape index (κ3) is 3.51. The Morgan fingerprint density at radius 3 is 2.69 bits per heavy atom. The molecule has 1 aliphatic rings. The van der Waals surface area contributed by atoms with Crippen molar-refractivity contribution in [2.45, 2.75) is 10.9 Å². The summed E-state index contributed by atoms with van der Waals surface area (Å²) in [6, 6.07) is 13.5. The molecule has 7 nitrogen and oxygen atoms in total. The number of benzene rings is 2. The van der Waals surface area contributed by atoms with Crippen LogP contribution in [0.1, 0.15) is 5.56 Å². The van der Waals surface area contributed by atoms with Gasteiger partial charge in [-0.3, -0.25) is 4.79 Å². The van der Waals surface area contributed by atoms with Crippen molar-refractivity contribution in [3.8, 4) is 17.2 Å². The molecule has 146 valence electrons. The Morgan fingerprint density at radius 2 is 1.90 bits per heavy atom. The van der Waals surface area contributed by atoms with Gasteiger partial charge in [0.25, 0.3) is 5.56 Å². The lowest BCUT2D eigenvalue weighted by molar-refractivity contribution is 0.171. The molecule has 29 heavy (non-hydrogen) atoms. The lowest BCUT2D eigenvalue weighted by Crippen LogP contribution is -2.15. The quantitative estimate of drug-likeness (QED) is 0.359.